The molecule has 0 aliphatic rings. The summed E-state index contributed by atoms with van der Waals surface area (Å²) < 4.78 is 0. The van der Waals surface area contributed by atoms with E-state index < -0.39 is 0 Å². The van der Waals surface area contributed by atoms with Crippen LogP contribution in [0, 0.1) is 0 Å². The first-order valence-corrected chi connectivity index (χ1v) is 8.35. The highest BCUT2D eigenvalue weighted by molar-refractivity contribution is 7.16. The van der Waals surface area contributed by atoms with Gasteiger partial charge < -0.3 is 5.32 Å². The van der Waals surface area contributed by atoms with Crippen molar-refractivity contribution < 1.29 is 0 Å². The van der Waals surface area contributed by atoms with Gasteiger partial charge in [0.25, 0.3) is 0 Å². The van der Waals surface area contributed by atoms with E-state index in [1.807, 2.05) is 0 Å². The van der Waals surface area contributed by atoms with Crippen LogP contribution in [-0.4, -0.2) is 16.5 Å². The summed E-state index contributed by atoms with van der Waals surface area (Å²) >= 11 is 3.44. The molecule has 0 aromatic carbocycles. The SMILES string of the molecule is CCNc1nc(-c2sc(CC)nc2C(C)(C)C)cs1. The van der Waals surface area contributed by atoms with Gasteiger partial charge in [0.2, 0.25) is 0 Å². The van der Waals surface area contributed by atoms with Gasteiger partial charge in [0.1, 0.15) is 0 Å². The molecule has 2 heterocycles. The van der Waals surface area contributed by atoms with Gasteiger partial charge >= 0.3 is 0 Å². The van der Waals surface area contributed by atoms with Crippen molar-refractivity contribution in [2.75, 3.05) is 11.9 Å². The average Bonchev–Trinajstić information content (AvgIpc) is 2.93. The van der Waals surface area contributed by atoms with Crippen molar-refractivity contribution >= 4 is 27.8 Å². The standard InChI is InChI=1S/C14H21N3S2/c1-6-10-17-12(14(3,4)5)11(19-10)9-8-18-13(16-9)15-7-2/h8H,6-7H2,1-5H3,(H,15,16). The molecule has 0 aliphatic heterocycles. The Hall–Kier alpha value is -0.940. The largest absolute Gasteiger partial charge is 0.362 e. The minimum Gasteiger partial charge on any atom is -0.362 e. The number of hydrogen-bond acceptors (Lipinski definition) is 5. The molecule has 0 amide bonds. The highest BCUT2D eigenvalue weighted by atomic mass is 32.1. The van der Waals surface area contributed by atoms with Crippen LogP contribution in [0.5, 0.6) is 0 Å². The quantitative estimate of drug-likeness (QED) is 0.898. The fourth-order valence-corrected chi connectivity index (χ4v) is 3.83. The van der Waals surface area contributed by atoms with E-state index in [0.717, 1.165) is 23.8 Å². The maximum atomic E-state index is 4.79. The Morgan fingerprint density at radius 3 is 2.53 bits per heavy atom. The van der Waals surface area contributed by atoms with Crippen LogP contribution in [0.1, 0.15) is 45.3 Å². The van der Waals surface area contributed by atoms with Crippen LogP contribution < -0.4 is 5.32 Å². The summed E-state index contributed by atoms with van der Waals surface area (Å²) in [7, 11) is 0. The third-order valence-corrected chi connectivity index (χ3v) is 4.77. The third-order valence-electron chi connectivity index (χ3n) is 2.75. The smallest absolute Gasteiger partial charge is 0.183 e. The number of anilines is 1. The van der Waals surface area contributed by atoms with Crippen molar-refractivity contribution in [1.29, 1.82) is 0 Å². The zero-order valence-electron chi connectivity index (χ0n) is 12.2. The average molecular weight is 295 g/mol. The first-order valence-electron chi connectivity index (χ1n) is 6.65. The van der Waals surface area contributed by atoms with E-state index in [2.05, 4.69) is 50.3 Å². The van der Waals surface area contributed by atoms with Gasteiger partial charge in [0.05, 0.1) is 21.3 Å². The molecule has 0 unspecified atom stereocenters. The Morgan fingerprint density at radius 2 is 1.95 bits per heavy atom. The van der Waals surface area contributed by atoms with Gasteiger partial charge in [-0.1, -0.05) is 27.7 Å². The molecule has 104 valence electrons. The molecule has 0 radical (unpaired) electrons. The Labute approximate surface area is 123 Å². The minimum atomic E-state index is 0.0568. The molecule has 0 spiro atoms. The van der Waals surface area contributed by atoms with E-state index in [4.69, 9.17) is 4.98 Å². The molecule has 0 saturated carbocycles. The predicted molar refractivity (Wildman–Crippen MR) is 85.5 cm³/mol. The molecule has 1 N–H and O–H groups in total. The minimum absolute atomic E-state index is 0.0568. The van der Waals surface area contributed by atoms with Crippen LogP contribution in [0.3, 0.4) is 0 Å². The summed E-state index contributed by atoms with van der Waals surface area (Å²) in [4.78, 5) is 10.7. The summed E-state index contributed by atoms with van der Waals surface area (Å²) in [6, 6.07) is 0. The van der Waals surface area contributed by atoms with Gasteiger partial charge in [-0.15, -0.1) is 22.7 Å². The zero-order valence-corrected chi connectivity index (χ0v) is 13.8. The summed E-state index contributed by atoms with van der Waals surface area (Å²) in [5.41, 5.74) is 2.28. The number of thiazole rings is 2. The van der Waals surface area contributed by atoms with Crippen LogP contribution in [0.2, 0.25) is 0 Å². The van der Waals surface area contributed by atoms with Crippen LogP contribution >= 0.6 is 22.7 Å². The number of aromatic nitrogens is 2. The molecule has 3 nitrogen and oxygen atoms in total. The monoisotopic (exact) mass is 295 g/mol. The summed E-state index contributed by atoms with van der Waals surface area (Å²) in [5, 5.41) is 7.58. The Morgan fingerprint density at radius 1 is 1.21 bits per heavy atom. The Balaban J connectivity index is 2.44. The van der Waals surface area contributed by atoms with Gasteiger partial charge in [-0.05, 0) is 13.3 Å². The first kappa shape index (κ1) is 14.5. The topological polar surface area (TPSA) is 37.8 Å². The number of nitrogens with one attached hydrogen (secondary N) is 1. The summed E-state index contributed by atoms with van der Waals surface area (Å²) in [6.07, 6.45) is 0.984. The van der Waals surface area contributed by atoms with Crippen molar-refractivity contribution in [3.05, 3.63) is 16.1 Å². The highest BCUT2D eigenvalue weighted by Crippen LogP contribution is 2.38. The molecule has 2 aromatic heterocycles. The van der Waals surface area contributed by atoms with Gasteiger partial charge in [0.15, 0.2) is 5.13 Å². The Bertz CT molecular complexity index is 549. The molecule has 2 aromatic rings. The molecule has 19 heavy (non-hydrogen) atoms. The molecule has 0 fully saturated rings. The molecular weight excluding hydrogens is 274 g/mol. The lowest BCUT2D eigenvalue weighted by Crippen LogP contribution is -2.13. The van der Waals surface area contributed by atoms with E-state index >= 15 is 0 Å². The third kappa shape index (κ3) is 3.15. The molecule has 0 bridgehead atoms. The van der Waals surface area contributed by atoms with E-state index in [-0.39, 0.29) is 5.41 Å². The molecule has 0 aliphatic carbocycles. The molecular formula is C14H21N3S2. The predicted octanol–water partition coefficient (Wildman–Crippen LogP) is 4.56. The summed E-state index contributed by atoms with van der Waals surface area (Å²) in [6.45, 7) is 11.8. The van der Waals surface area contributed by atoms with Crippen molar-refractivity contribution in [3.8, 4) is 10.6 Å². The lowest BCUT2D eigenvalue weighted by atomic mass is 9.91. The number of hydrogen-bond donors (Lipinski definition) is 1. The van der Waals surface area contributed by atoms with E-state index in [9.17, 15) is 0 Å². The zero-order chi connectivity index (χ0) is 14.0. The van der Waals surface area contributed by atoms with Crippen molar-refractivity contribution in [2.24, 2.45) is 0 Å². The van der Waals surface area contributed by atoms with Crippen molar-refractivity contribution in [3.63, 3.8) is 0 Å². The first-order chi connectivity index (χ1) is 8.95. The van der Waals surface area contributed by atoms with Gasteiger partial charge in [-0.3, -0.25) is 0 Å². The number of rotatable bonds is 4. The molecule has 0 saturated heterocycles. The van der Waals surface area contributed by atoms with Crippen molar-refractivity contribution in [1.82, 2.24) is 9.97 Å². The van der Waals surface area contributed by atoms with Gasteiger partial charge in [-0.2, -0.15) is 0 Å². The van der Waals surface area contributed by atoms with Gasteiger partial charge in [0, 0.05) is 17.3 Å². The lowest BCUT2D eigenvalue weighted by molar-refractivity contribution is 0.572. The highest BCUT2D eigenvalue weighted by Gasteiger charge is 2.25. The normalized spacial score (nSPS) is 11.8. The van der Waals surface area contributed by atoms with E-state index in [1.165, 1.54) is 15.6 Å². The Kier molecular flexibility index (Phi) is 4.26. The van der Waals surface area contributed by atoms with Gasteiger partial charge in [-0.25, -0.2) is 9.97 Å². The second-order valence-corrected chi connectivity index (χ2v) is 7.40. The second kappa shape index (κ2) is 5.59. The van der Waals surface area contributed by atoms with Crippen LogP contribution in [0.4, 0.5) is 5.13 Å². The summed E-state index contributed by atoms with van der Waals surface area (Å²) in [5.74, 6) is 0. The number of nitrogens with zero attached hydrogens (tertiary/aromatic N) is 2. The maximum absolute atomic E-state index is 4.79. The van der Waals surface area contributed by atoms with Crippen molar-refractivity contribution in [2.45, 2.75) is 46.5 Å². The van der Waals surface area contributed by atoms with Crippen LogP contribution in [-0.2, 0) is 11.8 Å². The fraction of sp³-hybridized carbons (Fsp3) is 0.571. The second-order valence-electron chi connectivity index (χ2n) is 5.46. The van der Waals surface area contributed by atoms with E-state index in [1.54, 1.807) is 22.7 Å². The van der Waals surface area contributed by atoms with E-state index in [0.29, 0.717) is 0 Å². The molecule has 5 heteroatoms. The molecule has 0 atom stereocenters. The number of aryl methyl sites for hydroxylation is 1. The lowest BCUT2D eigenvalue weighted by Gasteiger charge is -2.16. The maximum Gasteiger partial charge on any atom is 0.183 e. The van der Waals surface area contributed by atoms with Crippen LogP contribution in [0.15, 0.2) is 5.38 Å². The molecule has 2 rings (SSSR count). The van der Waals surface area contributed by atoms with Crippen LogP contribution in [0.25, 0.3) is 10.6 Å². The fourth-order valence-electron chi connectivity index (χ4n) is 1.81.